The number of nitrogens with one attached hydrogen (secondary N) is 1. The first-order chi connectivity index (χ1) is 16.8. The molecule has 2 heterocycles. The Hall–Kier alpha value is -3.37. The van der Waals surface area contributed by atoms with Gasteiger partial charge in [0.05, 0.1) is 6.54 Å². The molecule has 2 aliphatic heterocycles. The van der Waals surface area contributed by atoms with Gasteiger partial charge in [-0.2, -0.15) is 4.91 Å². The van der Waals surface area contributed by atoms with Crippen LogP contribution in [0.4, 0.5) is 9.18 Å². The van der Waals surface area contributed by atoms with Crippen LogP contribution in [0.25, 0.3) is 0 Å². The van der Waals surface area contributed by atoms with E-state index in [1.165, 1.54) is 17.0 Å². The topological polar surface area (TPSA) is 94.5 Å². The second kappa shape index (κ2) is 10.5. The van der Waals surface area contributed by atoms with Crippen LogP contribution >= 0.6 is 0 Å². The zero-order chi connectivity index (χ0) is 25.1. The number of ether oxygens (including phenoxy) is 1. The molecular formula is C25H30FN5O4. The Morgan fingerprint density at radius 1 is 1.14 bits per heavy atom. The maximum atomic E-state index is 13.5. The summed E-state index contributed by atoms with van der Waals surface area (Å²) >= 11 is 0. The van der Waals surface area contributed by atoms with Crippen LogP contribution in [0.1, 0.15) is 37.3 Å². The van der Waals surface area contributed by atoms with Gasteiger partial charge in [0.1, 0.15) is 23.8 Å². The highest BCUT2D eigenvalue weighted by Crippen LogP contribution is 2.31. The van der Waals surface area contributed by atoms with Gasteiger partial charge in [0.2, 0.25) is 6.35 Å². The van der Waals surface area contributed by atoms with Crippen LogP contribution in [0.3, 0.4) is 0 Å². The zero-order valence-electron chi connectivity index (χ0n) is 20.1. The van der Waals surface area contributed by atoms with Crippen molar-refractivity contribution in [3.63, 3.8) is 0 Å². The number of fused-ring (bicyclic) bond motifs is 1. The van der Waals surface area contributed by atoms with E-state index in [2.05, 4.69) is 24.3 Å². The standard InChI is InChI=1S/C25H30FN5O4/c1-16(2)18-6-4-7-20(14-18)35-24-28-22-21(31(24)15-17-8-10-19(26)11-9-17)23(32)30(13-5-12-27-34)25(33)29(22)3/h4,6-11,14,16,21-22,24,28H,5,12-13,15H2,1-3H3. The SMILES string of the molecule is CC(C)c1cccc(OC2NC3C(C(=O)N(CCCN=O)C(=O)N3C)N2Cc2ccc(F)cc2)c1. The van der Waals surface area contributed by atoms with Gasteiger partial charge in [-0.3, -0.25) is 9.69 Å². The van der Waals surface area contributed by atoms with E-state index in [0.717, 1.165) is 16.0 Å². The largest absolute Gasteiger partial charge is 0.462 e. The average Bonchev–Trinajstić information content (AvgIpc) is 3.19. The number of carbonyl (C=O) groups excluding carboxylic acids is 2. The fourth-order valence-corrected chi connectivity index (χ4v) is 4.48. The number of nitrogens with zero attached hydrogens (tertiary/aromatic N) is 4. The van der Waals surface area contributed by atoms with Gasteiger partial charge in [-0.25, -0.2) is 19.4 Å². The highest BCUT2D eigenvalue weighted by molar-refractivity contribution is 6.00. The Bertz CT molecular complexity index is 1080. The summed E-state index contributed by atoms with van der Waals surface area (Å²) in [4.78, 5) is 41.5. The van der Waals surface area contributed by atoms with E-state index >= 15 is 0 Å². The molecule has 0 radical (unpaired) electrons. The molecule has 2 aliphatic rings. The first-order valence-corrected chi connectivity index (χ1v) is 11.7. The van der Waals surface area contributed by atoms with Gasteiger partial charge in [-0.1, -0.05) is 43.3 Å². The van der Waals surface area contributed by atoms with Crippen molar-refractivity contribution < 1.29 is 18.7 Å². The summed E-state index contributed by atoms with van der Waals surface area (Å²) in [5.74, 6) is 0.221. The molecule has 10 heteroatoms. The first kappa shape index (κ1) is 24.7. The molecule has 3 atom stereocenters. The lowest BCUT2D eigenvalue weighted by molar-refractivity contribution is -0.139. The Morgan fingerprint density at radius 3 is 2.57 bits per heavy atom. The van der Waals surface area contributed by atoms with Crippen LogP contribution in [-0.4, -0.2) is 65.3 Å². The maximum Gasteiger partial charge on any atom is 0.327 e. The fraction of sp³-hybridized carbons (Fsp3) is 0.440. The summed E-state index contributed by atoms with van der Waals surface area (Å²) in [6, 6.07) is 12.6. The van der Waals surface area contributed by atoms with Crippen molar-refractivity contribution >= 4 is 11.9 Å². The number of imide groups is 1. The predicted octanol–water partition coefficient (Wildman–Crippen LogP) is 3.46. The molecule has 2 fully saturated rings. The van der Waals surface area contributed by atoms with Crippen molar-refractivity contribution in [3.8, 4) is 5.75 Å². The third-order valence-electron chi connectivity index (χ3n) is 6.42. The molecular weight excluding hydrogens is 453 g/mol. The van der Waals surface area contributed by atoms with Crippen molar-refractivity contribution in [2.75, 3.05) is 20.1 Å². The summed E-state index contributed by atoms with van der Waals surface area (Å²) < 4.78 is 19.8. The first-order valence-electron chi connectivity index (χ1n) is 11.7. The summed E-state index contributed by atoms with van der Waals surface area (Å²) in [6.45, 7) is 4.60. The Labute approximate surface area is 203 Å². The summed E-state index contributed by atoms with van der Waals surface area (Å²) in [5.41, 5.74) is 1.91. The smallest absolute Gasteiger partial charge is 0.327 e. The van der Waals surface area contributed by atoms with E-state index < -0.39 is 24.6 Å². The highest BCUT2D eigenvalue weighted by Gasteiger charge is 2.54. The fourth-order valence-electron chi connectivity index (χ4n) is 4.48. The average molecular weight is 484 g/mol. The van der Waals surface area contributed by atoms with Crippen LogP contribution in [0.2, 0.25) is 0 Å². The van der Waals surface area contributed by atoms with E-state index in [4.69, 9.17) is 4.74 Å². The minimum absolute atomic E-state index is 0.0182. The Kier molecular flexibility index (Phi) is 7.42. The molecule has 9 nitrogen and oxygen atoms in total. The molecule has 186 valence electrons. The molecule has 0 bridgehead atoms. The number of amides is 3. The van der Waals surface area contributed by atoms with Gasteiger partial charge in [0.25, 0.3) is 5.91 Å². The molecule has 2 saturated heterocycles. The van der Waals surface area contributed by atoms with E-state index in [0.29, 0.717) is 24.6 Å². The van der Waals surface area contributed by atoms with Gasteiger partial charge < -0.3 is 9.64 Å². The van der Waals surface area contributed by atoms with Crippen molar-refractivity contribution in [1.82, 2.24) is 20.0 Å². The van der Waals surface area contributed by atoms with E-state index in [1.54, 1.807) is 19.2 Å². The van der Waals surface area contributed by atoms with E-state index in [-0.39, 0.29) is 24.8 Å². The Morgan fingerprint density at radius 2 is 1.89 bits per heavy atom. The zero-order valence-corrected chi connectivity index (χ0v) is 20.1. The summed E-state index contributed by atoms with van der Waals surface area (Å²) in [6.07, 6.45) is -1.04. The molecule has 0 saturated carbocycles. The molecule has 2 aromatic rings. The quantitative estimate of drug-likeness (QED) is 0.434. The highest BCUT2D eigenvalue weighted by atomic mass is 19.1. The molecule has 3 unspecified atom stereocenters. The molecule has 0 aromatic heterocycles. The molecule has 4 rings (SSSR count). The third-order valence-corrected chi connectivity index (χ3v) is 6.42. The van der Waals surface area contributed by atoms with Gasteiger partial charge in [0.15, 0.2) is 0 Å². The predicted molar refractivity (Wildman–Crippen MR) is 128 cm³/mol. The number of hydrogen-bond acceptors (Lipinski definition) is 7. The molecule has 35 heavy (non-hydrogen) atoms. The molecule has 3 amide bonds. The van der Waals surface area contributed by atoms with Gasteiger partial charge >= 0.3 is 6.03 Å². The monoisotopic (exact) mass is 483 g/mol. The lowest BCUT2D eigenvalue weighted by Crippen LogP contribution is -2.66. The van der Waals surface area contributed by atoms with Gasteiger partial charge in [0, 0.05) is 20.1 Å². The van der Waals surface area contributed by atoms with E-state index in [1.807, 2.05) is 29.2 Å². The van der Waals surface area contributed by atoms with Crippen LogP contribution < -0.4 is 10.1 Å². The Balaban J connectivity index is 1.65. The van der Waals surface area contributed by atoms with Crippen molar-refractivity contribution in [3.05, 3.63) is 70.4 Å². The second-order valence-corrected chi connectivity index (χ2v) is 9.14. The number of rotatable bonds is 9. The molecule has 1 N–H and O–H groups in total. The number of halogens is 1. The van der Waals surface area contributed by atoms with Crippen LogP contribution in [0.5, 0.6) is 5.75 Å². The van der Waals surface area contributed by atoms with E-state index in [9.17, 15) is 18.9 Å². The van der Waals surface area contributed by atoms with Crippen LogP contribution in [0, 0.1) is 10.7 Å². The molecule has 0 aliphatic carbocycles. The summed E-state index contributed by atoms with van der Waals surface area (Å²) in [7, 11) is 1.63. The van der Waals surface area contributed by atoms with Crippen molar-refractivity contribution in [2.24, 2.45) is 5.18 Å². The number of hydrogen-bond donors (Lipinski definition) is 1. The van der Waals surface area contributed by atoms with Crippen LogP contribution in [0.15, 0.2) is 53.7 Å². The number of urea groups is 1. The lowest BCUT2D eigenvalue weighted by Gasteiger charge is -2.41. The third kappa shape index (κ3) is 5.18. The normalized spacial score (nSPS) is 22.6. The van der Waals surface area contributed by atoms with Crippen molar-refractivity contribution in [2.45, 2.75) is 51.3 Å². The van der Waals surface area contributed by atoms with Crippen molar-refractivity contribution in [1.29, 1.82) is 0 Å². The lowest BCUT2D eigenvalue weighted by atomic mass is 10.0. The molecule has 0 spiro atoms. The minimum Gasteiger partial charge on any atom is -0.462 e. The number of benzene rings is 2. The number of carbonyl (C=O) groups is 2. The van der Waals surface area contributed by atoms with Crippen LogP contribution in [-0.2, 0) is 11.3 Å². The maximum absolute atomic E-state index is 13.5. The number of likely N-dealkylation sites (N-methyl/N-ethyl adjacent to an activating group) is 1. The van der Waals surface area contributed by atoms with Gasteiger partial charge in [-0.15, -0.1) is 0 Å². The summed E-state index contributed by atoms with van der Waals surface area (Å²) in [5, 5.41) is 6.11. The molecule has 2 aromatic carbocycles. The number of nitroso groups, excluding NO2 is 1. The second-order valence-electron chi connectivity index (χ2n) is 9.14. The minimum atomic E-state index is -0.731. The van der Waals surface area contributed by atoms with Gasteiger partial charge in [-0.05, 0) is 47.7 Å².